The SMILES string of the molecule is O=C(O)c1ccc(C(=O)Nc2ccc(CC(=O)N3CCOCC3)cc2)c(F)c1. The van der Waals surface area contributed by atoms with E-state index in [0.717, 1.165) is 17.7 Å². The summed E-state index contributed by atoms with van der Waals surface area (Å²) in [6, 6.07) is 9.80. The Hall–Kier alpha value is -3.26. The number of amides is 2. The molecule has 0 atom stereocenters. The molecular formula is C20H19FN2O5. The van der Waals surface area contributed by atoms with Gasteiger partial charge in [0.15, 0.2) is 0 Å². The molecule has 28 heavy (non-hydrogen) atoms. The number of ether oxygens (including phenoxy) is 1. The number of hydrogen-bond acceptors (Lipinski definition) is 4. The van der Waals surface area contributed by atoms with Crippen LogP contribution in [0.15, 0.2) is 42.5 Å². The van der Waals surface area contributed by atoms with E-state index in [4.69, 9.17) is 9.84 Å². The first-order valence-corrected chi connectivity index (χ1v) is 8.72. The van der Waals surface area contributed by atoms with Crippen molar-refractivity contribution in [2.75, 3.05) is 31.6 Å². The number of aromatic carboxylic acids is 1. The average molecular weight is 386 g/mol. The third-order valence-corrected chi connectivity index (χ3v) is 4.39. The maximum absolute atomic E-state index is 14.0. The van der Waals surface area contributed by atoms with E-state index in [1.54, 1.807) is 29.2 Å². The normalized spacial score (nSPS) is 13.8. The van der Waals surface area contributed by atoms with Crippen LogP contribution in [0.5, 0.6) is 0 Å². The Bertz CT molecular complexity index is 892. The van der Waals surface area contributed by atoms with Crippen molar-refractivity contribution < 1.29 is 28.6 Å². The van der Waals surface area contributed by atoms with E-state index in [1.807, 2.05) is 0 Å². The zero-order chi connectivity index (χ0) is 20.1. The number of carboxylic acid groups (broad SMARTS) is 1. The number of carboxylic acids is 1. The van der Waals surface area contributed by atoms with Gasteiger partial charge in [-0.2, -0.15) is 0 Å². The van der Waals surface area contributed by atoms with Crippen molar-refractivity contribution in [3.05, 3.63) is 65.0 Å². The summed E-state index contributed by atoms with van der Waals surface area (Å²) in [4.78, 5) is 37.0. The Balaban J connectivity index is 1.61. The lowest BCUT2D eigenvalue weighted by Crippen LogP contribution is -2.41. The fourth-order valence-corrected chi connectivity index (χ4v) is 2.84. The van der Waals surface area contributed by atoms with Crippen molar-refractivity contribution in [1.82, 2.24) is 4.90 Å². The van der Waals surface area contributed by atoms with E-state index in [0.29, 0.717) is 32.0 Å². The van der Waals surface area contributed by atoms with Gasteiger partial charge in [0.1, 0.15) is 5.82 Å². The van der Waals surface area contributed by atoms with Crippen LogP contribution in [-0.2, 0) is 16.0 Å². The summed E-state index contributed by atoms with van der Waals surface area (Å²) < 4.78 is 19.2. The van der Waals surface area contributed by atoms with Crippen molar-refractivity contribution in [3.8, 4) is 0 Å². The molecule has 0 spiro atoms. The monoisotopic (exact) mass is 386 g/mol. The number of halogens is 1. The summed E-state index contributed by atoms with van der Waals surface area (Å²) >= 11 is 0. The lowest BCUT2D eigenvalue weighted by molar-refractivity contribution is -0.134. The van der Waals surface area contributed by atoms with Crippen LogP contribution >= 0.6 is 0 Å². The largest absolute Gasteiger partial charge is 0.478 e. The predicted molar refractivity (Wildman–Crippen MR) is 98.9 cm³/mol. The third-order valence-electron chi connectivity index (χ3n) is 4.39. The Labute approximate surface area is 160 Å². The standard InChI is InChI=1S/C20H19FN2O5/c21-17-12-14(20(26)27)3-6-16(17)19(25)22-15-4-1-13(2-5-15)11-18(24)23-7-9-28-10-8-23/h1-6,12H,7-11H2,(H,22,25)(H,26,27). The molecule has 2 aromatic carbocycles. The van der Waals surface area contributed by atoms with Crippen molar-refractivity contribution in [1.29, 1.82) is 0 Å². The second kappa shape index (κ2) is 8.62. The van der Waals surface area contributed by atoms with Crippen molar-refractivity contribution in [2.24, 2.45) is 0 Å². The summed E-state index contributed by atoms with van der Waals surface area (Å²) in [6.07, 6.45) is 0.250. The number of rotatable bonds is 5. The van der Waals surface area contributed by atoms with Crippen LogP contribution in [0.2, 0.25) is 0 Å². The number of benzene rings is 2. The molecule has 1 aliphatic rings. The molecule has 2 N–H and O–H groups in total. The second-order valence-electron chi connectivity index (χ2n) is 6.32. The highest BCUT2D eigenvalue weighted by molar-refractivity contribution is 6.05. The van der Waals surface area contributed by atoms with Crippen molar-refractivity contribution >= 4 is 23.5 Å². The smallest absolute Gasteiger partial charge is 0.335 e. The topological polar surface area (TPSA) is 95.9 Å². The summed E-state index contributed by atoms with van der Waals surface area (Å²) in [7, 11) is 0. The van der Waals surface area contributed by atoms with Gasteiger partial charge in [-0.05, 0) is 35.9 Å². The molecular weight excluding hydrogens is 367 g/mol. The van der Waals surface area contributed by atoms with Crippen molar-refractivity contribution in [3.63, 3.8) is 0 Å². The van der Waals surface area contributed by atoms with Crippen LogP contribution in [0.4, 0.5) is 10.1 Å². The average Bonchev–Trinajstić information content (AvgIpc) is 2.69. The molecule has 2 aromatic rings. The van der Waals surface area contributed by atoms with Gasteiger partial charge < -0.3 is 20.1 Å². The van der Waals surface area contributed by atoms with E-state index in [2.05, 4.69) is 5.32 Å². The van der Waals surface area contributed by atoms with Gasteiger partial charge in [-0.15, -0.1) is 0 Å². The van der Waals surface area contributed by atoms with Crippen LogP contribution < -0.4 is 5.32 Å². The highest BCUT2D eigenvalue weighted by atomic mass is 19.1. The molecule has 0 unspecified atom stereocenters. The molecule has 0 aromatic heterocycles. The maximum Gasteiger partial charge on any atom is 0.335 e. The van der Waals surface area contributed by atoms with Gasteiger partial charge >= 0.3 is 5.97 Å². The van der Waals surface area contributed by atoms with Crippen molar-refractivity contribution in [2.45, 2.75) is 6.42 Å². The van der Waals surface area contributed by atoms with Gasteiger partial charge in [0.25, 0.3) is 5.91 Å². The molecule has 7 nitrogen and oxygen atoms in total. The lowest BCUT2D eigenvalue weighted by Gasteiger charge is -2.26. The molecule has 1 saturated heterocycles. The first-order valence-electron chi connectivity index (χ1n) is 8.72. The fourth-order valence-electron chi connectivity index (χ4n) is 2.84. The van der Waals surface area contributed by atoms with Crippen LogP contribution in [0.3, 0.4) is 0 Å². The lowest BCUT2D eigenvalue weighted by atomic mass is 10.1. The molecule has 3 rings (SSSR count). The number of hydrogen-bond donors (Lipinski definition) is 2. The number of nitrogens with zero attached hydrogens (tertiary/aromatic N) is 1. The van der Waals surface area contributed by atoms with E-state index in [-0.39, 0.29) is 23.5 Å². The first kappa shape index (κ1) is 19.5. The zero-order valence-corrected chi connectivity index (χ0v) is 15.0. The summed E-state index contributed by atoms with van der Waals surface area (Å²) in [5.41, 5.74) is 0.751. The minimum atomic E-state index is -1.27. The van der Waals surface area contributed by atoms with Gasteiger partial charge in [0.2, 0.25) is 5.91 Å². The first-order chi connectivity index (χ1) is 13.4. The Morgan fingerprint density at radius 2 is 1.75 bits per heavy atom. The molecule has 0 saturated carbocycles. The van der Waals surface area contributed by atoms with Gasteiger partial charge in [-0.3, -0.25) is 9.59 Å². The fraction of sp³-hybridized carbons (Fsp3) is 0.250. The molecule has 2 amide bonds. The molecule has 1 aliphatic heterocycles. The van der Waals surface area contributed by atoms with E-state index < -0.39 is 17.7 Å². The van der Waals surface area contributed by atoms with E-state index in [9.17, 15) is 18.8 Å². The number of carbonyl (C=O) groups excluding carboxylic acids is 2. The molecule has 8 heteroatoms. The van der Waals surface area contributed by atoms with E-state index in [1.165, 1.54) is 6.07 Å². The number of carbonyl (C=O) groups is 3. The summed E-state index contributed by atoms with van der Waals surface area (Å²) in [6.45, 7) is 2.25. The number of nitrogens with one attached hydrogen (secondary N) is 1. The highest BCUT2D eigenvalue weighted by Crippen LogP contribution is 2.16. The van der Waals surface area contributed by atoms with Gasteiger partial charge in [-0.1, -0.05) is 12.1 Å². The summed E-state index contributed by atoms with van der Waals surface area (Å²) in [5, 5.41) is 11.4. The minimum absolute atomic E-state index is 0.0145. The second-order valence-corrected chi connectivity index (χ2v) is 6.32. The molecule has 146 valence electrons. The molecule has 1 heterocycles. The predicted octanol–water partition coefficient (Wildman–Crippen LogP) is 2.18. The Morgan fingerprint density at radius 1 is 1.07 bits per heavy atom. The molecule has 0 bridgehead atoms. The van der Waals surface area contributed by atoms with Crippen LogP contribution in [-0.4, -0.2) is 54.1 Å². The molecule has 0 radical (unpaired) electrons. The maximum atomic E-state index is 14.0. The Morgan fingerprint density at radius 3 is 2.36 bits per heavy atom. The molecule has 0 aliphatic carbocycles. The zero-order valence-electron chi connectivity index (χ0n) is 15.0. The van der Waals surface area contributed by atoms with Gasteiger partial charge in [0.05, 0.1) is 30.8 Å². The highest BCUT2D eigenvalue weighted by Gasteiger charge is 2.17. The number of anilines is 1. The number of morpholine rings is 1. The summed E-state index contributed by atoms with van der Waals surface area (Å²) in [5.74, 6) is -2.86. The Kier molecular flexibility index (Phi) is 6.00. The van der Waals surface area contributed by atoms with Gasteiger partial charge in [0, 0.05) is 18.8 Å². The van der Waals surface area contributed by atoms with Gasteiger partial charge in [-0.25, -0.2) is 9.18 Å². The minimum Gasteiger partial charge on any atom is -0.478 e. The third kappa shape index (κ3) is 4.72. The molecule has 1 fully saturated rings. The van der Waals surface area contributed by atoms with E-state index >= 15 is 0 Å². The van der Waals surface area contributed by atoms with Crippen LogP contribution in [0.1, 0.15) is 26.3 Å². The van der Waals surface area contributed by atoms with Crippen LogP contribution in [0.25, 0.3) is 0 Å². The quantitative estimate of drug-likeness (QED) is 0.821. The van der Waals surface area contributed by atoms with Crippen LogP contribution in [0, 0.1) is 5.82 Å².